The van der Waals surface area contributed by atoms with Gasteiger partial charge in [0.2, 0.25) is 5.91 Å². The van der Waals surface area contributed by atoms with Gasteiger partial charge in [-0.1, -0.05) is 55.5 Å². The first-order chi connectivity index (χ1) is 21.0. The molecule has 0 unspecified atom stereocenters. The first-order valence-electron chi connectivity index (χ1n) is 15.4. The van der Waals surface area contributed by atoms with E-state index < -0.39 is 11.7 Å². The molecule has 0 aromatic heterocycles. The van der Waals surface area contributed by atoms with Gasteiger partial charge in [0, 0.05) is 36.7 Å². The van der Waals surface area contributed by atoms with E-state index in [0.29, 0.717) is 17.4 Å². The number of piperidine rings is 1. The predicted molar refractivity (Wildman–Crippen MR) is 162 cm³/mol. The summed E-state index contributed by atoms with van der Waals surface area (Å²) in [5.41, 5.74) is 2.75. The molecule has 1 saturated carbocycles. The summed E-state index contributed by atoms with van der Waals surface area (Å²) in [6.45, 7) is 4.26. The molecule has 230 valence electrons. The van der Waals surface area contributed by atoms with Gasteiger partial charge in [0.25, 0.3) is 0 Å². The number of aromatic hydroxyl groups is 1. The highest BCUT2D eigenvalue weighted by Crippen LogP contribution is 2.69. The van der Waals surface area contributed by atoms with E-state index in [2.05, 4.69) is 36.1 Å². The minimum Gasteiger partial charge on any atom is -0.504 e. The SMILES string of the molecule is CN(C(=O)C=Cc1cccc(C(F)(F)F)c1)[C@@H]1CC[C@@]2(C)[C@H]3Cc4ccc(O)c5c4[C@@]2(CCN3CCc2ccccc2)[C@H]1O5. The predicted octanol–water partition coefficient (Wildman–Crippen LogP) is 6.62. The number of rotatable bonds is 6. The van der Waals surface area contributed by atoms with Crippen molar-refractivity contribution in [3.63, 3.8) is 0 Å². The van der Waals surface area contributed by atoms with Crippen LogP contribution in [0.3, 0.4) is 0 Å². The van der Waals surface area contributed by atoms with Crippen LogP contribution < -0.4 is 4.74 Å². The van der Waals surface area contributed by atoms with E-state index in [1.165, 1.54) is 29.3 Å². The maximum Gasteiger partial charge on any atom is 0.416 e. The number of nitrogens with zero attached hydrogens (tertiary/aromatic N) is 2. The Kier molecular flexibility index (Phi) is 6.85. The Balaban J connectivity index is 1.19. The molecule has 2 aliphatic heterocycles. The van der Waals surface area contributed by atoms with E-state index in [1.54, 1.807) is 24.1 Å². The number of halogens is 3. The quantitative estimate of drug-likeness (QED) is 0.322. The zero-order valence-electron chi connectivity index (χ0n) is 25.0. The van der Waals surface area contributed by atoms with Crippen LogP contribution >= 0.6 is 0 Å². The fraction of sp³-hybridized carbons (Fsp3) is 0.417. The van der Waals surface area contributed by atoms with Crippen LogP contribution in [0, 0.1) is 5.41 Å². The van der Waals surface area contributed by atoms with Crippen LogP contribution in [0.2, 0.25) is 0 Å². The summed E-state index contributed by atoms with van der Waals surface area (Å²) in [7, 11) is 1.76. The Morgan fingerprint density at radius 2 is 1.91 bits per heavy atom. The largest absolute Gasteiger partial charge is 0.504 e. The second kappa shape index (κ2) is 10.4. The number of amides is 1. The summed E-state index contributed by atoms with van der Waals surface area (Å²) in [6.07, 6.45) is 2.37. The first-order valence-corrected chi connectivity index (χ1v) is 15.4. The van der Waals surface area contributed by atoms with Crippen molar-refractivity contribution in [1.29, 1.82) is 0 Å². The molecule has 2 fully saturated rings. The molecule has 0 radical (unpaired) electrons. The van der Waals surface area contributed by atoms with Gasteiger partial charge in [0.05, 0.1) is 11.6 Å². The van der Waals surface area contributed by atoms with E-state index in [9.17, 15) is 23.1 Å². The molecule has 1 N–H and O–H groups in total. The molecule has 3 aromatic carbocycles. The third kappa shape index (κ3) is 4.36. The zero-order valence-corrected chi connectivity index (χ0v) is 25.0. The number of phenolic OH excluding ortho intramolecular Hbond substituents is 1. The lowest BCUT2D eigenvalue weighted by molar-refractivity contribution is -0.150. The molecule has 1 amide bonds. The molecule has 3 aromatic rings. The fourth-order valence-corrected chi connectivity index (χ4v) is 8.91. The number of benzene rings is 3. The minimum absolute atomic E-state index is 0.118. The molecule has 44 heavy (non-hydrogen) atoms. The second-order valence-corrected chi connectivity index (χ2v) is 13.1. The van der Waals surface area contributed by atoms with Crippen molar-refractivity contribution in [3.8, 4) is 11.5 Å². The Morgan fingerprint density at radius 1 is 1.11 bits per heavy atom. The van der Waals surface area contributed by atoms with E-state index in [1.807, 2.05) is 12.1 Å². The maximum absolute atomic E-state index is 13.5. The van der Waals surface area contributed by atoms with Crippen molar-refractivity contribution in [3.05, 3.63) is 101 Å². The van der Waals surface area contributed by atoms with Gasteiger partial charge in [0.15, 0.2) is 11.5 Å². The lowest BCUT2D eigenvalue weighted by Crippen LogP contribution is -2.73. The van der Waals surface area contributed by atoms with Gasteiger partial charge < -0.3 is 14.7 Å². The third-order valence-electron chi connectivity index (χ3n) is 11.1. The molecular weight excluding hydrogens is 565 g/mol. The Hall–Kier alpha value is -3.78. The number of hydrogen-bond acceptors (Lipinski definition) is 4. The average Bonchev–Trinajstić information content (AvgIpc) is 3.36. The van der Waals surface area contributed by atoms with Crippen molar-refractivity contribution < 1.29 is 27.8 Å². The number of hydrogen-bond donors (Lipinski definition) is 1. The lowest BCUT2D eigenvalue weighted by Gasteiger charge is -2.66. The lowest BCUT2D eigenvalue weighted by atomic mass is 9.43. The normalized spacial score (nSPS) is 28.9. The fourth-order valence-electron chi connectivity index (χ4n) is 8.91. The van der Waals surface area contributed by atoms with Crippen molar-refractivity contribution in [1.82, 2.24) is 9.80 Å². The molecule has 5 atom stereocenters. The third-order valence-corrected chi connectivity index (χ3v) is 11.1. The monoisotopic (exact) mass is 602 g/mol. The van der Waals surface area contributed by atoms with E-state index in [4.69, 9.17) is 4.74 Å². The smallest absolute Gasteiger partial charge is 0.416 e. The van der Waals surface area contributed by atoms with Gasteiger partial charge >= 0.3 is 6.18 Å². The molecule has 2 heterocycles. The number of carbonyl (C=O) groups excluding carboxylic acids is 1. The number of likely N-dealkylation sites (tertiary alicyclic amines) is 1. The topological polar surface area (TPSA) is 53.0 Å². The molecule has 8 heteroatoms. The van der Waals surface area contributed by atoms with Gasteiger partial charge in [-0.3, -0.25) is 9.69 Å². The highest BCUT2D eigenvalue weighted by Gasteiger charge is 2.71. The molecular formula is C36H37F3N2O3. The number of ether oxygens (including phenoxy) is 1. The van der Waals surface area contributed by atoms with E-state index in [0.717, 1.165) is 62.9 Å². The maximum atomic E-state index is 13.5. The Morgan fingerprint density at radius 3 is 2.68 bits per heavy atom. The molecule has 2 bridgehead atoms. The molecule has 1 spiro atoms. The summed E-state index contributed by atoms with van der Waals surface area (Å²) in [6, 6.07) is 19.4. The standard InChI is InChI=1S/C36H37F3N2O3/c1-34-17-15-27(40(2)30(43)14-11-24-9-6-10-26(21-24)36(37,38)39)33-35(34)18-20-41(19-16-23-7-4-3-5-8-23)29(34)22-25-12-13-28(42)32(44-33)31(25)35/h3-14,21,27,29,33,42H,15-20,22H2,1-2H3/t27-,29-,33+,34+,35+/m1/s1. The van der Waals surface area contributed by atoms with Crippen molar-refractivity contribution in [2.75, 3.05) is 20.1 Å². The molecule has 2 aliphatic carbocycles. The highest BCUT2D eigenvalue weighted by molar-refractivity contribution is 5.92. The van der Waals surface area contributed by atoms with E-state index >= 15 is 0 Å². The van der Waals surface area contributed by atoms with Crippen LogP contribution in [0.15, 0.2) is 72.8 Å². The zero-order chi connectivity index (χ0) is 30.9. The van der Waals surface area contributed by atoms with Crippen LogP contribution in [-0.2, 0) is 29.2 Å². The summed E-state index contributed by atoms with van der Waals surface area (Å²) >= 11 is 0. The number of alkyl halides is 3. The van der Waals surface area contributed by atoms with Crippen LogP contribution in [0.1, 0.15) is 54.0 Å². The minimum atomic E-state index is -4.45. The molecule has 1 saturated heterocycles. The van der Waals surface area contributed by atoms with Crippen LogP contribution in [-0.4, -0.2) is 59.1 Å². The average molecular weight is 603 g/mol. The summed E-state index contributed by atoms with van der Waals surface area (Å²) in [5.74, 6) is 0.406. The van der Waals surface area contributed by atoms with Gasteiger partial charge in [-0.2, -0.15) is 13.2 Å². The molecule has 4 aliphatic rings. The number of carbonyl (C=O) groups is 1. The summed E-state index contributed by atoms with van der Waals surface area (Å²) < 4.78 is 46.4. The van der Waals surface area contributed by atoms with Crippen LogP contribution in [0.4, 0.5) is 13.2 Å². The molecule has 7 rings (SSSR count). The van der Waals surface area contributed by atoms with Crippen LogP contribution in [0.5, 0.6) is 11.5 Å². The van der Waals surface area contributed by atoms with Crippen molar-refractivity contribution in [2.45, 2.75) is 68.8 Å². The van der Waals surface area contributed by atoms with E-state index in [-0.39, 0.29) is 34.6 Å². The van der Waals surface area contributed by atoms with Crippen molar-refractivity contribution >= 4 is 12.0 Å². The Labute approximate surface area is 255 Å². The van der Waals surface area contributed by atoms with Gasteiger partial charge in [-0.25, -0.2) is 0 Å². The Bertz CT molecular complexity index is 1620. The number of likely N-dealkylation sites (N-methyl/N-ethyl adjacent to an activating group) is 1. The van der Waals surface area contributed by atoms with Crippen LogP contribution in [0.25, 0.3) is 6.08 Å². The van der Waals surface area contributed by atoms with Gasteiger partial charge in [0.1, 0.15) is 6.10 Å². The number of phenols is 1. The van der Waals surface area contributed by atoms with Gasteiger partial charge in [-0.05, 0) is 85.0 Å². The highest BCUT2D eigenvalue weighted by atomic mass is 19.4. The van der Waals surface area contributed by atoms with Crippen molar-refractivity contribution in [2.24, 2.45) is 5.41 Å². The second-order valence-electron chi connectivity index (χ2n) is 13.1. The first kappa shape index (κ1) is 29.0. The molecule has 5 nitrogen and oxygen atoms in total. The summed E-state index contributed by atoms with van der Waals surface area (Å²) in [4.78, 5) is 17.9. The van der Waals surface area contributed by atoms with Gasteiger partial charge in [-0.15, -0.1) is 0 Å². The summed E-state index contributed by atoms with van der Waals surface area (Å²) in [5, 5.41) is 11.0.